The number of hydrogen-bond donors (Lipinski definition) is 0. The van der Waals surface area contributed by atoms with E-state index in [-0.39, 0.29) is 20.1 Å². The van der Waals surface area contributed by atoms with Crippen LogP contribution in [0.25, 0.3) is 55.2 Å². The molecule has 7 aromatic rings. The van der Waals surface area contributed by atoms with E-state index < -0.39 is 0 Å². The first kappa shape index (κ1) is 25.5. The van der Waals surface area contributed by atoms with Crippen LogP contribution in [0.3, 0.4) is 0 Å². The normalized spacial score (nSPS) is 10.7. The zero-order valence-electron chi connectivity index (χ0n) is 21.0. The minimum atomic E-state index is 0. The van der Waals surface area contributed by atoms with Gasteiger partial charge in [-0.25, -0.2) is 0 Å². The Balaban J connectivity index is 0.000000191. The maximum atomic E-state index is 6.24. The van der Waals surface area contributed by atoms with Gasteiger partial charge in [-0.05, 0) is 71.4 Å². The molecule has 3 heterocycles. The molecule has 0 aliphatic carbocycles. The van der Waals surface area contributed by atoms with Gasteiger partial charge in [0.15, 0.2) is 0 Å². The summed E-state index contributed by atoms with van der Waals surface area (Å²) >= 11 is 0. The van der Waals surface area contributed by atoms with Crippen molar-refractivity contribution in [1.82, 2.24) is 9.97 Å². The molecule has 0 fully saturated rings. The zero-order chi connectivity index (χ0) is 25.2. The summed E-state index contributed by atoms with van der Waals surface area (Å²) in [5.41, 5.74) is 8.15. The molecule has 0 spiro atoms. The number of hydrogen-bond acceptors (Lipinski definition) is 3. The molecular formula is C34H24IrN2O-2. The molecule has 38 heavy (non-hydrogen) atoms. The van der Waals surface area contributed by atoms with Crippen molar-refractivity contribution in [3.8, 4) is 22.5 Å². The topological polar surface area (TPSA) is 38.9 Å². The number of aryl methyl sites for hydroxylation is 2. The van der Waals surface area contributed by atoms with Crippen LogP contribution in [-0.2, 0) is 20.1 Å². The van der Waals surface area contributed by atoms with E-state index in [0.29, 0.717) is 0 Å². The summed E-state index contributed by atoms with van der Waals surface area (Å²) < 4.78 is 6.24. The quantitative estimate of drug-likeness (QED) is 0.173. The maximum absolute atomic E-state index is 6.24. The minimum absolute atomic E-state index is 0. The first-order valence-electron chi connectivity index (χ1n) is 12.2. The fourth-order valence-electron chi connectivity index (χ4n) is 4.54. The van der Waals surface area contributed by atoms with Gasteiger partial charge in [-0.15, -0.1) is 54.1 Å². The van der Waals surface area contributed by atoms with Crippen LogP contribution in [0.1, 0.15) is 11.1 Å². The van der Waals surface area contributed by atoms with E-state index in [4.69, 9.17) is 4.42 Å². The van der Waals surface area contributed by atoms with Gasteiger partial charge in [-0.3, -0.25) is 0 Å². The van der Waals surface area contributed by atoms with Crippen LogP contribution < -0.4 is 0 Å². The Bertz CT molecular complexity index is 1790. The molecule has 1 radical (unpaired) electrons. The number of pyridine rings is 2. The van der Waals surface area contributed by atoms with Crippen molar-refractivity contribution in [2.45, 2.75) is 13.8 Å². The summed E-state index contributed by atoms with van der Waals surface area (Å²) in [6.45, 7) is 4.30. The summed E-state index contributed by atoms with van der Waals surface area (Å²) in [7, 11) is 0. The molecule has 0 aliphatic rings. The molecule has 187 valence electrons. The van der Waals surface area contributed by atoms with Gasteiger partial charge in [0.05, 0.1) is 5.58 Å². The maximum Gasteiger partial charge on any atom is 0.121 e. The van der Waals surface area contributed by atoms with Crippen molar-refractivity contribution < 1.29 is 24.5 Å². The number of benzene rings is 4. The molecule has 0 N–H and O–H groups in total. The van der Waals surface area contributed by atoms with Crippen LogP contribution >= 0.6 is 0 Å². The van der Waals surface area contributed by atoms with E-state index in [1.807, 2.05) is 66.7 Å². The van der Waals surface area contributed by atoms with E-state index in [1.54, 1.807) is 12.4 Å². The Morgan fingerprint density at radius 3 is 1.97 bits per heavy atom. The first-order valence-corrected chi connectivity index (χ1v) is 12.2. The van der Waals surface area contributed by atoms with E-state index in [9.17, 15) is 0 Å². The molecular weight excluding hydrogens is 645 g/mol. The van der Waals surface area contributed by atoms with Crippen molar-refractivity contribution >= 4 is 32.7 Å². The van der Waals surface area contributed by atoms with E-state index in [2.05, 4.69) is 66.3 Å². The molecule has 0 saturated carbocycles. The average Bonchev–Trinajstić information content (AvgIpc) is 3.32. The van der Waals surface area contributed by atoms with Gasteiger partial charge in [0.2, 0.25) is 0 Å². The predicted octanol–water partition coefficient (Wildman–Crippen LogP) is 8.76. The zero-order valence-corrected chi connectivity index (χ0v) is 23.4. The van der Waals surface area contributed by atoms with Gasteiger partial charge in [-0.2, -0.15) is 0 Å². The predicted molar refractivity (Wildman–Crippen MR) is 151 cm³/mol. The van der Waals surface area contributed by atoms with Crippen LogP contribution in [0.15, 0.2) is 114 Å². The van der Waals surface area contributed by atoms with Crippen molar-refractivity contribution in [2.24, 2.45) is 0 Å². The largest absolute Gasteiger partial charge is 0.501 e. The molecule has 4 aromatic carbocycles. The molecule has 0 atom stereocenters. The fourth-order valence-corrected chi connectivity index (χ4v) is 4.54. The number of aromatic nitrogens is 2. The smallest absolute Gasteiger partial charge is 0.121 e. The number of rotatable bonds is 2. The van der Waals surface area contributed by atoms with E-state index in [1.165, 1.54) is 21.9 Å². The fraction of sp³-hybridized carbons (Fsp3) is 0.0588. The monoisotopic (exact) mass is 669 g/mol. The minimum Gasteiger partial charge on any atom is -0.501 e. The molecule has 0 unspecified atom stereocenters. The van der Waals surface area contributed by atoms with Crippen LogP contribution in [0.4, 0.5) is 0 Å². The summed E-state index contributed by atoms with van der Waals surface area (Å²) in [6.07, 6.45) is 3.58. The number of nitrogens with zero attached hydrogens (tertiary/aromatic N) is 2. The van der Waals surface area contributed by atoms with Gasteiger partial charge in [-0.1, -0.05) is 47.3 Å². The Morgan fingerprint density at radius 2 is 1.32 bits per heavy atom. The van der Waals surface area contributed by atoms with Crippen LogP contribution in [-0.4, -0.2) is 9.97 Å². The third-order valence-corrected chi connectivity index (χ3v) is 6.57. The van der Waals surface area contributed by atoms with Crippen molar-refractivity contribution in [1.29, 1.82) is 0 Å². The molecule has 7 rings (SSSR count). The molecule has 3 nitrogen and oxygen atoms in total. The first-order chi connectivity index (χ1) is 18.2. The Morgan fingerprint density at radius 1 is 0.632 bits per heavy atom. The third-order valence-electron chi connectivity index (χ3n) is 6.57. The number of fused-ring (bicyclic) bond motifs is 4. The van der Waals surface area contributed by atoms with Crippen LogP contribution in [0.5, 0.6) is 0 Å². The van der Waals surface area contributed by atoms with Crippen molar-refractivity contribution in [3.63, 3.8) is 0 Å². The SMILES string of the molecule is Cc1cc2cc3oc4c(-c5ccccn5)[c-]ccc4c3cc2cc1C.[Ir].[c-]1ccccc1-c1ccccn1. The van der Waals surface area contributed by atoms with Crippen LogP contribution in [0, 0.1) is 26.0 Å². The van der Waals surface area contributed by atoms with Gasteiger partial charge in [0, 0.05) is 37.9 Å². The summed E-state index contributed by atoms with van der Waals surface area (Å²) in [6, 6.07) is 38.9. The molecule has 0 saturated heterocycles. The van der Waals surface area contributed by atoms with E-state index in [0.717, 1.165) is 44.5 Å². The summed E-state index contributed by atoms with van der Waals surface area (Å²) in [4.78, 5) is 8.67. The second-order valence-corrected chi connectivity index (χ2v) is 9.04. The summed E-state index contributed by atoms with van der Waals surface area (Å²) in [5.74, 6) is 0. The number of furan rings is 1. The standard InChI is InChI=1S/C23H16NO.C11H8N.Ir/c1-14-10-16-12-20-18-6-5-7-19(21-8-3-4-9-24-21)23(18)25-22(20)13-17(16)11-15(14)2;1-2-6-10(7-3-1)11-8-4-5-9-12-11;/h3-6,8-13H,1-2H3;1-6,8-9H;/q2*-1;. The van der Waals surface area contributed by atoms with Gasteiger partial charge >= 0.3 is 0 Å². The van der Waals surface area contributed by atoms with Crippen molar-refractivity contribution in [3.05, 3.63) is 133 Å². The van der Waals surface area contributed by atoms with E-state index >= 15 is 0 Å². The average molecular weight is 669 g/mol. The van der Waals surface area contributed by atoms with Gasteiger partial charge < -0.3 is 14.4 Å². The third kappa shape index (κ3) is 5.02. The molecule has 0 aliphatic heterocycles. The van der Waals surface area contributed by atoms with Crippen LogP contribution in [0.2, 0.25) is 0 Å². The van der Waals surface area contributed by atoms with Crippen molar-refractivity contribution in [2.75, 3.05) is 0 Å². The van der Waals surface area contributed by atoms with Gasteiger partial charge in [0.25, 0.3) is 0 Å². The molecule has 0 amide bonds. The Kier molecular flexibility index (Phi) is 7.46. The molecule has 4 heteroatoms. The second kappa shape index (κ2) is 11.1. The summed E-state index contributed by atoms with van der Waals surface area (Å²) in [5, 5.41) is 4.69. The Labute approximate surface area is 235 Å². The van der Waals surface area contributed by atoms with Gasteiger partial charge in [0.1, 0.15) is 5.58 Å². The molecule has 3 aromatic heterocycles. The Hall–Kier alpha value is -4.11. The molecule has 0 bridgehead atoms. The second-order valence-electron chi connectivity index (χ2n) is 9.04.